The van der Waals surface area contributed by atoms with Gasteiger partial charge >= 0.3 is 0 Å². The molecule has 0 fully saturated rings. The van der Waals surface area contributed by atoms with Crippen molar-refractivity contribution in [3.63, 3.8) is 0 Å². The molecule has 0 radical (unpaired) electrons. The van der Waals surface area contributed by atoms with Gasteiger partial charge in [-0.05, 0) is 37.5 Å². The first-order valence-corrected chi connectivity index (χ1v) is 6.65. The van der Waals surface area contributed by atoms with Gasteiger partial charge < -0.3 is 9.88 Å². The van der Waals surface area contributed by atoms with Gasteiger partial charge in [0, 0.05) is 13.0 Å². The van der Waals surface area contributed by atoms with E-state index in [2.05, 4.69) is 20.1 Å². The predicted octanol–water partition coefficient (Wildman–Crippen LogP) is 2.67. The number of aryl methyl sites for hydroxylation is 2. The van der Waals surface area contributed by atoms with Crippen LogP contribution in [0.1, 0.15) is 30.1 Å². The van der Waals surface area contributed by atoms with Crippen molar-refractivity contribution in [2.24, 2.45) is 0 Å². The van der Waals surface area contributed by atoms with Crippen molar-refractivity contribution in [3.05, 3.63) is 41.2 Å². The Morgan fingerprint density at radius 3 is 3.11 bits per heavy atom. The summed E-state index contributed by atoms with van der Waals surface area (Å²) in [4.78, 5) is 0. The molecule has 1 aliphatic heterocycles. The first-order chi connectivity index (χ1) is 9.24. The fraction of sp³-hybridized carbons (Fsp3) is 0.429. The third-order valence-corrected chi connectivity index (χ3v) is 3.49. The Morgan fingerprint density at radius 2 is 2.21 bits per heavy atom. The van der Waals surface area contributed by atoms with E-state index in [4.69, 9.17) is 0 Å². The average molecular weight is 260 g/mol. The molecule has 0 atom stereocenters. The van der Waals surface area contributed by atoms with Crippen LogP contribution in [0.15, 0.2) is 18.2 Å². The van der Waals surface area contributed by atoms with Crippen LogP contribution in [-0.2, 0) is 19.5 Å². The van der Waals surface area contributed by atoms with E-state index in [0.29, 0.717) is 12.2 Å². The number of halogens is 1. The Kier molecular flexibility index (Phi) is 3.19. The van der Waals surface area contributed by atoms with Crippen LogP contribution in [0.2, 0.25) is 0 Å². The standard InChI is InChI=1S/C14H17FN4/c1-10-5-6-11(15)12(8-10)16-9-14-18-17-13-4-2-3-7-19(13)14/h5-6,8,16H,2-4,7,9H2,1H3. The molecule has 0 spiro atoms. The zero-order chi connectivity index (χ0) is 13.2. The molecule has 0 saturated heterocycles. The van der Waals surface area contributed by atoms with Gasteiger partial charge in [-0.1, -0.05) is 6.07 Å². The summed E-state index contributed by atoms with van der Waals surface area (Å²) in [6.07, 6.45) is 3.33. The number of anilines is 1. The van der Waals surface area contributed by atoms with Gasteiger partial charge in [-0.3, -0.25) is 0 Å². The third-order valence-electron chi connectivity index (χ3n) is 3.49. The molecule has 100 valence electrons. The van der Waals surface area contributed by atoms with Gasteiger partial charge in [0.2, 0.25) is 0 Å². The summed E-state index contributed by atoms with van der Waals surface area (Å²) in [5, 5.41) is 11.5. The van der Waals surface area contributed by atoms with Crippen molar-refractivity contribution in [2.75, 3.05) is 5.32 Å². The minimum Gasteiger partial charge on any atom is -0.375 e. The molecule has 0 amide bonds. The molecular weight excluding hydrogens is 243 g/mol. The molecule has 0 bridgehead atoms. The summed E-state index contributed by atoms with van der Waals surface area (Å²) < 4.78 is 15.8. The van der Waals surface area contributed by atoms with Gasteiger partial charge in [-0.2, -0.15) is 0 Å². The van der Waals surface area contributed by atoms with Gasteiger partial charge in [-0.25, -0.2) is 4.39 Å². The lowest BCUT2D eigenvalue weighted by atomic mass is 10.1. The van der Waals surface area contributed by atoms with Crippen LogP contribution in [0, 0.1) is 12.7 Å². The number of fused-ring (bicyclic) bond motifs is 1. The molecule has 0 aliphatic carbocycles. The molecule has 0 saturated carbocycles. The van der Waals surface area contributed by atoms with Gasteiger partial charge in [0.1, 0.15) is 11.6 Å². The van der Waals surface area contributed by atoms with E-state index in [1.807, 2.05) is 13.0 Å². The van der Waals surface area contributed by atoms with E-state index in [-0.39, 0.29) is 5.82 Å². The topological polar surface area (TPSA) is 42.7 Å². The Balaban J connectivity index is 1.75. The van der Waals surface area contributed by atoms with Crippen LogP contribution in [0.5, 0.6) is 0 Å². The van der Waals surface area contributed by atoms with Crippen molar-refractivity contribution < 1.29 is 4.39 Å². The van der Waals surface area contributed by atoms with Crippen molar-refractivity contribution in [2.45, 2.75) is 39.3 Å². The summed E-state index contributed by atoms with van der Waals surface area (Å²) in [7, 11) is 0. The lowest BCUT2D eigenvalue weighted by molar-refractivity contribution is 0.509. The SMILES string of the molecule is Cc1ccc(F)c(NCc2nnc3n2CCCC3)c1. The smallest absolute Gasteiger partial charge is 0.152 e. The van der Waals surface area contributed by atoms with Gasteiger partial charge in [0.15, 0.2) is 5.82 Å². The third kappa shape index (κ3) is 2.45. The van der Waals surface area contributed by atoms with E-state index in [0.717, 1.165) is 36.6 Å². The number of aromatic nitrogens is 3. The zero-order valence-electron chi connectivity index (χ0n) is 11.0. The van der Waals surface area contributed by atoms with Crippen molar-refractivity contribution >= 4 is 5.69 Å². The highest BCUT2D eigenvalue weighted by Gasteiger charge is 2.15. The first-order valence-electron chi connectivity index (χ1n) is 6.65. The molecule has 1 aromatic heterocycles. The van der Waals surface area contributed by atoms with E-state index >= 15 is 0 Å². The Bertz CT molecular complexity index is 591. The summed E-state index contributed by atoms with van der Waals surface area (Å²) in [5.74, 6) is 1.70. The van der Waals surface area contributed by atoms with Crippen LogP contribution < -0.4 is 5.32 Å². The molecule has 0 unspecified atom stereocenters. The molecule has 2 aromatic rings. The quantitative estimate of drug-likeness (QED) is 0.922. The number of nitrogens with one attached hydrogen (secondary N) is 1. The maximum Gasteiger partial charge on any atom is 0.152 e. The van der Waals surface area contributed by atoms with Crippen LogP contribution in [-0.4, -0.2) is 14.8 Å². The largest absolute Gasteiger partial charge is 0.375 e. The molecular formula is C14H17FN4. The number of hydrogen-bond acceptors (Lipinski definition) is 3. The van der Waals surface area contributed by atoms with Crippen LogP contribution in [0.4, 0.5) is 10.1 Å². The fourth-order valence-corrected chi connectivity index (χ4v) is 2.45. The lowest BCUT2D eigenvalue weighted by Gasteiger charge is -2.15. The van der Waals surface area contributed by atoms with E-state index in [9.17, 15) is 4.39 Å². The highest BCUT2D eigenvalue weighted by Crippen LogP contribution is 2.18. The maximum absolute atomic E-state index is 13.6. The van der Waals surface area contributed by atoms with Crippen molar-refractivity contribution in [1.82, 2.24) is 14.8 Å². The Hall–Kier alpha value is -1.91. The molecule has 1 aliphatic rings. The van der Waals surface area contributed by atoms with Crippen LogP contribution >= 0.6 is 0 Å². The first kappa shape index (κ1) is 12.1. The van der Waals surface area contributed by atoms with Gasteiger partial charge in [-0.15, -0.1) is 10.2 Å². The molecule has 1 N–H and O–H groups in total. The fourth-order valence-electron chi connectivity index (χ4n) is 2.45. The monoisotopic (exact) mass is 260 g/mol. The predicted molar refractivity (Wildman–Crippen MR) is 71.4 cm³/mol. The molecule has 1 aromatic carbocycles. The normalized spacial score (nSPS) is 14.2. The van der Waals surface area contributed by atoms with E-state index in [1.165, 1.54) is 12.5 Å². The van der Waals surface area contributed by atoms with Crippen molar-refractivity contribution in [1.29, 1.82) is 0 Å². The lowest BCUT2D eigenvalue weighted by Crippen LogP contribution is -2.15. The zero-order valence-corrected chi connectivity index (χ0v) is 11.0. The number of rotatable bonds is 3. The van der Waals surface area contributed by atoms with Crippen molar-refractivity contribution in [3.8, 4) is 0 Å². The second-order valence-electron chi connectivity index (χ2n) is 4.98. The van der Waals surface area contributed by atoms with E-state index < -0.39 is 0 Å². The van der Waals surface area contributed by atoms with E-state index in [1.54, 1.807) is 6.07 Å². The second kappa shape index (κ2) is 4.99. The number of hydrogen-bond donors (Lipinski definition) is 1. The Labute approximate surface area is 111 Å². The molecule has 5 heteroatoms. The van der Waals surface area contributed by atoms with Crippen LogP contribution in [0.3, 0.4) is 0 Å². The minimum atomic E-state index is -0.232. The number of nitrogens with zero attached hydrogens (tertiary/aromatic N) is 3. The number of benzene rings is 1. The summed E-state index contributed by atoms with van der Waals surface area (Å²) >= 11 is 0. The molecule has 19 heavy (non-hydrogen) atoms. The highest BCUT2D eigenvalue weighted by atomic mass is 19.1. The summed E-state index contributed by atoms with van der Waals surface area (Å²) in [6, 6.07) is 5.05. The highest BCUT2D eigenvalue weighted by molar-refractivity contribution is 5.47. The molecule has 3 rings (SSSR count). The summed E-state index contributed by atoms with van der Waals surface area (Å²) in [5.41, 5.74) is 1.56. The Morgan fingerprint density at radius 1 is 1.32 bits per heavy atom. The molecule has 2 heterocycles. The second-order valence-corrected chi connectivity index (χ2v) is 4.98. The minimum absolute atomic E-state index is 0.232. The maximum atomic E-state index is 13.6. The molecule has 4 nitrogen and oxygen atoms in total. The average Bonchev–Trinajstić information content (AvgIpc) is 2.83. The van der Waals surface area contributed by atoms with Crippen LogP contribution in [0.25, 0.3) is 0 Å². The summed E-state index contributed by atoms with van der Waals surface area (Å²) in [6.45, 7) is 3.42. The van der Waals surface area contributed by atoms with Gasteiger partial charge in [0.25, 0.3) is 0 Å². The van der Waals surface area contributed by atoms with Gasteiger partial charge in [0.05, 0.1) is 12.2 Å².